The standard InChI is InChI=1S/C17H18FNO2/c1-3-19-17(21)9-12-4-6-13(7-5-12)14-8-11(2)16(20)10-15(14)18/h4-8,10,20H,3,9H2,1-2H3,(H,19,21). The summed E-state index contributed by atoms with van der Waals surface area (Å²) >= 11 is 0. The SMILES string of the molecule is CCNC(=O)Cc1ccc(-c2cc(C)c(O)cc2F)cc1. The lowest BCUT2D eigenvalue weighted by Gasteiger charge is -2.08. The Bertz CT molecular complexity index is 651. The highest BCUT2D eigenvalue weighted by atomic mass is 19.1. The maximum Gasteiger partial charge on any atom is 0.224 e. The van der Waals surface area contributed by atoms with Crippen molar-refractivity contribution in [1.82, 2.24) is 5.32 Å². The quantitative estimate of drug-likeness (QED) is 0.907. The first-order valence-corrected chi connectivity index (χ1v) is 6.86. The van der Waals surface area contributed by atoms with Crippen LogP contribution < -0.4 is 5.32 Å². The molecule has 4 heteroatoms. The van der Waals surface area contributed by atoms with Gasteiger partial charge in [0.1, 0.15) is 11.6 Å². The van der Waals surface area contributed by atoms with Gasteiger partial charge in [0.25, 0.3) is 0 Å². The third-order valence-electron chi connectivity index (χ3n) is 3.29. The van der Waals surface area contributed by atoms with Crippen molar-refractivity contribution in [2.45, 2.75) is 20.3 Å². The van der Waals surface area contributed by atoms with Gasteiger partial charge in [0, 0.05) is 18.2 Å². The minimum Gasteiger partial charge on any atom is -0.508 e. The molecule has 0 aromatic heterocycles. The molecule has 2 aromatic carbocycles. The average molecular weight is 287 g/mol. The largest absolute Gasteiger partial charge is 0.508 e. The topological polar surface area (TPSA) is 49.3 Å². The monoisotopic (exact) mass is 287 g/mol. The smallest absolute Gasteiger partial charge is 0.224 e. The molecular formula is C17H18FNO2. The number of aryl methyl sites for hydroxylation is 1. The lowest BCUT2D eigenvalue weighted by atomic mass is 10.00. The van der Waals surface area contributed by atoms with Crippen molar-refractivity contribution in [3.63, 3.8) is 0 Å². The van der Waals surface area contributed by atoms with Gasteiger partial charge in [-0.2, -0.15) is 0 Å². The number of carbonyl (C=O) groups is 1. The molecule has 3 nitrogen and oxygen atoms in total. The molecule has 0 unspecified atom stereocenters. The van der Waals surface area contributed by atoms with Gasteiger partial charge in [0.15, 0.2) is 0 Å². The van der Waals surface area contributed by atoms with E-state index in [0.29, 0.717) is 24.1 Å². The van der Waals surface area contributed by atoms with Gasteiger partial charge in [0.05, 0.1) is 6.42 Å². The minimum atomic E-state index is -0.463. The minimum absolute atomic E-state index is 0.0306. The second-order valence-electron chi connectivity index (χ2n) is 4.95. The normalized spacial score (nSPS) is 10.4. The molecule has 0 radical (unpaired) electrons. The van der Waals surface area contributed by atoms with Crippen LogP contribution in [-0.2, 0) is 11.2 Å². The van der Waals surface area contributed by atoms with E-state index in [1.165, 1.54) is 0 Å². The zero-order chi connectivity index (χ0) is 15.4. The Morgan fingerprint density at radius 3 is 2.52 bits per heavy atom. The van der Waals surface area contributed by atoms with Crippen LogP contribution >= 0.6 is 0 Å². The number of phenols is 1. The summed E-state index contributed by atoms with van der Waals surface area (Å²) < 4.78 is 13.9. The molecule has 0 aliphatic carbocycles. The van der Waals surface area contributed by atoms with Crippen LogP contribution in [0.5, 0.6) is 5.75 Å². The van der Waals surface area contributed by atoms with Crippen LogP contribution in [0, 0.1) is 12.7 Å². The molecule has 1 amide bonds. The first kappa shape index (κ1) is 15.0. The Morgan fingerprint density at radius 2 is 1.90 bits per heavy atom. The van der Waals surface area contributed by atoms with Crippen LogP contribution in [0.2, 0.25) is 0 Å². The number of nitrogens with one attached hydrogen (secondary N) is 1. The molecule has 0 saturated heterocycles. The van der Waals surface area contributed by atoms with Gasteiger partial charge in [-0.25, -0.2) is 4.39 Å². The van der Waals surface area contributed by atoms with Crippen molar-refractivity contribution in [3.8, 4) is 16.9 Å². The van der Waals surface area contributed by atoms with Crippen LogP contribution in [0.4, 0.5) is 4.39 Å². The van der Waals surface area contributed by atoms with Crippen molar-refractivity contribution >= 4 is 5.91 Å². The van der Waals surface area contributed by atoms with Gasteiger partial charge in [-0.1, -0.05) is 24.3 Å². The molecule has 0 aliphatic heterocycles. The molecule has 0 saturated carbocycles. The first-order valence-electron chi connectivity index (χ1n) is 6.86. The molecule has 0 atom stereocenters. The molecule has 0 spiro atoms. The lowest BCUT2D eigenvalue weighted by molar-refractivity contribution is -0.120. The van der Waals surface area contributed by atoms with Crippen LogP contribution in [-0.4, -0.2) is 17.6 Å². The van der Waals surface area contributed by atoms with Crippen molar-refractivity contribution in [2.24, 2.45) is 0 Å². The Balaban J connectivity index is 2.23. The lowest BCUT2D eigenvalue weighted by Crippen LogP contribution is -2.24. The highest BCUT2D eigenvalue weighted by Crippen LogP contribution is 2.29. The molecule has 0 bridgehead atoms. The Hall–Kier alpha value is -2.36. The predicted molar refractivity (Wildman–Crippen MR) is 80.6 cm³/mol. The first-order chi connectivity index (χ1) is 10.0. The average Bonchev–Trinajstić information content (AvgIpc) is 2.44. The number of amides is 1. The Kier molecular flexibility index (Phi) is 4.58. The zero-order valence-corrected chi connectivity index (χ0v) is 12.1. The van der Waals surface area contributed by atoms with E-state index >= 15 is 0 Å². The number of likely N-dealkylation sites (N-methyl/N-ethyl adjacent to an activating group) is 1. The van der Waals surface area contributed by atoms with Crippen molar-refractivity contribution in [2.75, 3.05) is 6.54 Å². The summed E-state index contributed by atoms with van der Waals surface area (Å²) in [6.07, 6.45) is 0.311. The van der Waals surface area contributed by atoms with Crippen LogP contribution in [0.1, 0.15) is 18.1 Å². The third-order valence-corrected chi connectivity index (χ3v) is 3.29. The summed E-state index contributed by atoms with van der Waals surface area (Å²) in [7, 11) is 0. The zero-order valence-electron chi connectivity index (χ0n) is 12.1. The molecule has 0 heterocycles. The fraction of sp³-hybridized carbons (Fsp3) is 0.235. The number of benzene rings is 2. The van der Waals surface area contributed by atoms with Gasteiger partial charge in [0.2, 0.25) is 5.91 Å². The maximum absolute atomic E-state index is 13.9. The van der Waals surface area contributed by atoms with E-state index in [2.05, 4.69) is 5.32 Å². The fourth-order valence-corrected chi connectivity index (χ4v) is 2.14. The Labute approximate surface area is 123 Å². The van der Waals surface area contributed by atoms with Crippen molar-refractivity contribution < 1.29 is 14.3 Å². The van der Waals surface area contributed by atoms with Crippen LogP contribution in [0.15, 0.2) is 36.4 Å². The second kappa shape index (κ2) is 6.39. The molecule has 2 N–H and O–H groups in total. The van der Waals surface area contributed by atoms with E-state index in [0.717, 1.165) is 17.2 Å². The molecule has 110 valence electrons. The van der Waals surface area contributed by atoms with E-state index in [1.807, 2.05) is 19.1 Å². The van der Waals surface area contributed by atoms with E-state index in [4.69, 9.17) is 0 Å². The molecule has 2 aromatic rings. The molecular weight excluding hydrogens is 269 g/mol. The molecule has 2 rings (SSSR count). The fourth-order valence-electron chi connectivity index (χ4n) is 2.14. The van der Waals surface area contributed by atoms with E-state index in [9.17, 15) is 14.3 Å². The number of hydrogen-bond donors (Lipinski definition) is 2. The summed E-state index contributed by atoms with van der Waals surface area (Å²) in [4.78, 5) is 11.5. The second-order valence-corrected chi connectivity index (χ2v) is 4.95. The summed E-state index contributed by atoms with van der Waals surface area (Å²) in [5.41, 5.74) is 2.66. The van der Waals surface area contributed by atoms with E-state index < -0.39 is 5.82 Å². The number of halogens is 1. The van der Waals surface area contributed by atoms with Crippen molar-refractivity contribution in [1.29, 1.82) is 0 Å². The Morgan fingerprint density at radius 1 is 1.24 bits per heavy atom. The summed E-state index contributed by atoms with van der Waals surface area (Å²) in [5.74, 6) is -0.546. The summed E-state index contributed by atoms with van der Waals surface area (Å²) in [6, 6.07) is 9.92. The van der Waals surface area contributed by atoms with Gasteiger partial charge in [-0.05, 0) is 36.6 Å². The predicted octanol–water partition coefficient (Wildman–Crippen LogP) is 3.19. The number of hydrogen-bond acceptors (Lipinski definition) is 2. The number of carbonyl (C=O) groups excluding carboxylic acids is 1. The number of phenolic OH excluding ortho intramolecular Hbond substituents is 1. The summed E-state index contributed by atoms with van der Waals surface area (Å²) in [6.45, 7) is 4.20. The molecule has 0 fully saturated rings. The third kappa shape index (κ3) is 3.60. The molecule has 0 aliphatic rings. The van der Waals surface area contributed by atoms with Gasteiger partial charge < -0.3 is 10.4 Å². The maximum atomic E-state index is 13.9. The molecule has 21 heavy (non-hydrogen) atoms. The van der Waals surface area contributed by atoms with E-state index in [-0.39, 0.29) is 11.7 Å². The number of aromatic hydroxyl groups is 1. The highest BCUT2D eigenvalue weighted by Gasteiger charge is 2.09. The van der Waals surface area contributed by atoms with Gasteiger partial charge in [-0.3, -0.25) is 4.79 Å². The van der Waals surface area contributed by atoms with Crippen LogP contribution in [0.3, 0.4) is 0 Å². The van der Waals surface area contributed by atoms with Crippen LogP contribution in [0.25, 0.3) is 11.1 Å². The van der Waals surface area contributed by atoms with Crippen molar-refractivity contribution in [3.05, 3.63) is 53.3 Å². The van der Waals surface area contributed by atoms with Gasteiger partial charge in [-0.15, -0.1) is 0 Å². The van der Waals surface area contributed by atoms with E-state index in [1.54, 1.807) is 25.1 Å². The van der Waals surface area contributed by atoms with Gasteiger partial charge >= 0.3 is 0 Å². The summed E-state index contributed by atoms with van der Waals surface area (Å²) in [5, 5.41) is 12.2. The number of rotatable bonds is 4. The highest BCUT2D eigenvalue weighted by molar-refractivity contribution is 5.78.